The number of carbonyl (C=O) groups excluding carboxylic acids is 1. The zero-order valence-electron chi connectivity index (χ0n) is 15.6. The maximum Gasteiger partial charge on any atom is 0.255 e. The molecular formula is C18H32Cl2N4O. The molecule has 25 heavy (non-hydrogen) atoms. The highest BCUT2D eigenvalue weighted by Gasteiger charge is 2.29. The van der Waals surface area contributed by atoms with E-state index in [1.807, 2.05) is 17.0 Å². The van der Waals surface area contributed by atoms with Crippen molar-refractivity contribution in [2.45, 2.75) is 52.6 Å². The first-order valence-corrected chi connectivity index (χ1v) is 8.71. The lowest BCUT2D eigenvalue weighted by atomic mass is 9.92. The third kappa shape index (κ3) is 5.73. The van der Waals surface area contributed by atoms with Gasteiger partial charge >= 0.3 is 0 Å². The molecule has 1 aromatic rings. The summed E-state index contributed by atoms with van der Waals surface area (Å²) in [5.74, 6) is 1.61. The standard InChI is InChI=1S/C18H30N4O.2ClH/c1-5-21(13(2)3)17-7-6-15(12-20-17)18(23)22-9-8-14(4)10-16(22)11-19;;/h6-7,12-14,16H,5,8-11,19H2,1-4H3;2*1H. The van der Waals surface area contributed by atoms with E-state index in [1.165, 1.54) is 0 Å². The van der Waals surface area contributed by atoms with Gasteiger partial charge in [-0.15, -0.1) is 24.8 Å². The van der Waals surface area contributed by atoms with Gasteiger partial charge in [0.05, 0.1) is 5.56 Å². The van der Waals surface area contributed by atoms with Gasteiger partial charge in [-0.1, -0.05) is 6.92 Å². The SMILES string of the molecule is CCN(c1ccc(C(=O)N2CCC(C)CC2CN)cn1)C(C)C.Cl.Cl. The van der Waals surface area contributed by atoms with Crippen molar-refractivity contribution in [1.29, 1.82) is 0 Å². The number of rotatable bonds is 5. The van der Waals surface area contributed by atoms with Gasteiger partial charge in [0.15, 0.2) is 0 Å². The van der Waals surface area contributed by atoms with Gasteiger partial charge in [0.1, 0.15) is 5.82 Å². The van der Waals surface area contributed by atoms with Gasteiger partial charge in [-0.05, 0) is 51.7 Å². The molecule has 0 bridgehead atoms. The first kappa shape index (κ1) is 24.0. The Balaban J connectivity index is 0.00000288. The number of anilines is 1. The van der Waals surface area contributed by atoms with Crippen molar-refractivity contribution in [3.63, 3.8) is 0 Å². The van der Waals surface area contributed by atoms with Crippen LogP contribution < -0.4 is 10.6 Å². The molecule has 2 heterocycles. The third-order valence-electron chi connectivity index (χ3n) is 4.76. The van der Waals surface area contributed by atoms with E-state index in [1.54, 1.807) is 6.20 Å². The highest BCUT2D eigenvalue weighted by molar-refractivity contribution is 5.94. The molecule has 2 atom stereocenters. The molecule has 1 saturated heterocycles. The number of likely N-dealkylation sites (tertiary alicyclic amines) is 1. The van der Waals surface area contributed by atoms with Crippen molar-refractivity contribution >= 4 is 36.5 Å². The molecule has 1 amide bonds. The van der Waals surface area contributed by atoms with Crippen LogP contribution in [-0.4, -0.2) is 47.5 Å². The van der Waals surface area contributed by atoms with Crippen LogP contribution in [0.25, 0.3) is 0 Å². The van der Waals surface area contributed by atoms with E-state index in [2.05, 4.69) is 37.6 Å². The van der Waals surface area contributed by atoms with Crippen LogP contribution in [0.3, 0.4) is 0 Å². The van der Waals surface area contributed by atoms with Crippen LogP contribution in [0.4, 0.5) is 5.82 Å². The molecule has 2 N–H and O–H groups in total. The number of hydrogen-bond acceptors (Lipinski definition) is 4. The second-order valence-electron chi connectivity index (χ2n) is 6.80. The fourth-order valence-electron chi connectivity index (χ4n) is 3.38. The van der Waals surface area contributed by atoms with Crippen LogP contribution in [0.15, 0.2) is 18.3 Å². The van der Waals surface area contributed by atoms with E-state index in [0.29, 0.717) is 24.1 Å². The fourth-order valence-corrected chi connectivity index (χ4v) is 3.38. The van der Waals surface area contributed by atoms with E-state index in [4.69, 9.17) is 5.73 Å². The van der Waals surface area contributed by atoms with Crippen LogP contribution >= 0.6 is 24.8 Å². The smallest absolute Gasteiger partial charge is 0.255 e. The zero-order valence-corrected chi connectivity index (χ0v) is 17.3. The van der Waals surface area contributed by atoms with Crippen molar-refractivity contribution in [3.05, 3.63) is 23.9 Å². The monoisotopic (exact) mass is 390 g/mol. The maximum atomic E-state index is 12.8. The topological polar surface area (TPSA) is 62.5 Å². The third-order valence-corrected chi connectivity index (χ3v) is 4.76. The molecule has 144 valence electrons. The number of piperidine rings is 1. The largest absolute Gasteiger partial charge is 0.354 e. The minimum atomic E-state index is 0. The minimum absolute atomic E-state index is 0. The molecule has 7 heteroatoms. The molecule has 2 unspecified atom stereocenters. The number of nitrogens with zero attached hydrogens (tertiary/aromatic N) is 3. The molecule has 1 aromatic heterocycles. The molecule has 0 saturated carbocycles. The number of hydrogen-bond donors (Lipinski definition) is 1. The van der Waals surface area contributed by atoms with Gasteiger partial charge in [0, 0.05) is 37.9 Å². The lowest BCUT2D eigenvalue weighted by Gasteiger charge is -2.38. The first-order chi connectivity index (χ1) is 11.0. The molecule has 2 rings (SSSR count). The lowest BCUT2D eigenvalue weighted by Crippen LogP contribution is -2.49. The second kappa shape index (κ2) is 10.8. The Morgan fingerprint density at radius 1 is 1.40 bits per heavy atom. The number of aromatic nitrogens is 1. The molecule has 1 aliphatic rings. The van der Waals surface area contributed by atoms with Gasteiger partial charge in [-0.3, -0.25) is 4.79 Å². The fraction of sp³-hybridized carbons (Fsp3) is 0.667. The number of halogens is 2. The number of pyridine rings is 1. The van der Waals surface area contributed by atoms with E-state index in [-0.39, 0.29) is 36.8 Å². The molecular weight excluding hydrogens is 359 g/mol. The Kier molecular flexibility index (Phi) is 10.4. The van der Waals surface area contributed by atoms with Gasteiger partial charge in [-0.25, -0.2) is 4.98 Å². The summed E-state index contributed by atoms with van der Waals surface area (Å²) in [6.45, 7) is 10.8. The summed E-state index contributed by atoms with van der Waals surface area (Å²) in [6, 6.07) is 4.37. The molecule has 0 aliphatic carbocycles. The number of carbonyl (C=O) groups is 1. The summed E-state index contributed by atoms with van der Waals surface area (Å²) in [5.41, 5.74) is 6.52. The summed E-state index contributed by atoms with van der Waals surface area (Å²) in [5, 5.41) is 0. The van der Waals surface area contributed by atoms with E-state index in [9.17, 15) is 4.79 Å². The predicted molar refractivity (Wildman–Crippen MR) is 109 cm³/mol. The quantitative estimate of drug-likeness (QED) is 0.836. The van der Waals surface area contributed by atoms with E-state index < -0.39 is 0 Å². The Morgan fingerprint density at radius 2 is 2.08 bits per heavy atom. The minimum Gasteiger partial charge on any atom is -0.354 e. The highest BCUT2D eigenvalue weighted by atomic mass is 35.5. The van der Waals surface area contributed by atoms with Gasteiger partial charge in [0.2, 0.25) is 0 Å². The van der Waals surface area contributed by atoms with Crippen molar-refractivity contribution in [3.8, 4) is 0 Å². The van der Waals surface area contributed by atoms with Gasteiger partial charge < -0.3 is 15.5 Å². The Hall–Kier alpha value is -1.04. The van der Waals surface area contributed by atoms with Crippen molar-refractivity contribution in [1.82, 2.24) is 9.88 Å². The Bertz CT molecular complexity index is 524. The highest BCUT2D eigenvalue weighted by Crippen LogP contribution is 2.24. The maximum absolute atomic E-state index is 12.8. The Morgan fingerprint density at radius 3 is 2.56 bits per heavy atom. The summed E-state index contributed by atoms with van der Waals surface area (Å²) < 4.78 is 0. The second-order valence-corrected chi connectivity index (χ2v) is 6.80. The molecule has 1 fully saturated rings. The average Bonchev–Trinajstić information content (AvgIpc) is 2.55. The van der Waals surface area contributed by atoms with Gasteiger partial charge in [-0.2, -0.15) is 0 Å². The van der Waals surface area contributed by atoms with Crippen LogP contribution in [-0.2, 0) is 0 Å². The predicted octanol–water partition coefficient (Wildman–Crippen LogP) is 3.36. The first-order valence-electron chi connectivity index (χ1n) is 8.71. The summed E-state index contributed by atoms with van der Waals surface area (Å²) in [4.78, 5) is 21.4. The zero-order chi connectivity index (χ0) is 17.0. The van der Waals surface area contributed by atoms with Crippen LogP contribution in [0.5, 0.6) is 0 Å². The molecule has 0 spiro atoms. The van der Waals surface area contributed by atoms with Crippen LogP contribution in [0.2, 0.25) is 0 Å². The van der Waals surface area contributed by atoms with E-state index >= 15 is 0 Å². The van der Waals surface area contributed by atoms with E-state index in [0.717, 1.165) is 31.7 Å². The number of amides is 1. The lowest BCUT2D eigenvalue weighted by molar-refractivity contribution is 0.0573. The molecule has 0 aromatic carbocycles. The summed E-state index contributed by atoms with van der Waals surface area (Å²) in [7, 11) is 0. The normalized spacial score (nSPS) is 19.8. The van der Waals surface area contributed by atoms with Crippen LogP contribution in [0, 0.1) is 5.92 Å². The molecule has 5 nitrogen and oxygen atoms in total. The molecule has 1 aliphatic heterocycles. The van der Waals surface area contributed by atoms with Crippen molar-refractivity contribution in [2.75, 3.05) is 24.5 Å². The summed E-state index contributed by atoms with van der Waals surface area (Å²) in [6.07, 6.45) is 3.74. The van der Waals surface area contributed by atoms with Crippen molar-refractivity contribution < 1.29 is 4.79 Å². The number of nitrogens with two attached hydrogens (primary N) is 1. The van der Waals surface area contributed by atoms with Crippen molar-refractivity contribution in [2.24, 2.45) is 11.7 Å². The van der Waals surface area contributed by atoms with Crippen LogP contribution in [0.1, 0.15) is 50.9 Å². The Labute approximate surface area is 164 Å². The summed E-state index contributed by atoms with van der Waals surface area (Å²) >= 11 is 0. The van der Waals surface area contributed by atoms with Gasteiger partial charge in [0.25, 0.3) is 5.91 Å². The molecule has 0 radical (unpaired) electrons. The average molecular weight is 391 g/mol.